The van der Waals surface area contributed by atoms with E-state index in [2.05, 4.69) is 21.2 Å². The summed E-state index contributed by atoms with van der Waals surface area (Å²) in [6.07, 6.45) is 4.34. The van der Waals surface area contributed by atoms with Crippen LogP contribution in [0.5, 0.6) is 5.75 Å². The van der Waals surface area contributed by atoms with Crippen LogP contribution in [0.15, 0.2) is 30.3 Å². The van der Waals surface area contributed by atoms with Crippen LogP contribution in [-0.2, 0) is 25.9 Å². The topological polar surface area (TPSA) is 59.3 Å². The van der Waals surface area contributed by atoms with E-state index in [-0.39, 0.29) is 12.1 Å². The molecule has 2 aromatic rings. The van der Waals surface area contributed by atoms with E-state index in [0.717, 1.165) is 30.8 Å². The maximum absolute atomic E-state index is 9.87. The average Bonchev–Trinajstić information content (AvgIpc) is 3.04. The third-order valence-corrected chi connectivity index (χ3v) is 4.77. The number of rotatable bonds is 7. The molecule has 0 amide bonds. The summed E-state index contributed by atoms with van der Waals surface area (Å²) in [4.78, 5) is 0. The van der Waals surface area contributed by atoms with Gasteiger partial charge in [-0.3, -0.25) is 4.68 Å². The zero-order valence-corrected chi connectivity index (χ0v) is 14.6. The molecule has 24 heavy (non-hydrogen) atoms. The molecule has 1 aliphatic heterocycles. The summed E-state index contributed by atoms with van der Waals surface area (Å²) in [6.45, 7) is 3.82. The number of hydrogen-bond acceptors (Lipinski definition) is 4. The van der Waals surface area contributed by atoms with E-state index < -0.39 is 0 Å². The number of fused-ring (bicyclic) bond motifs is 1. The molecule has 1 atom stereocenters. The Bertz CT molecular complexity index is 642. The van der Waals surface area contributed by atoms with E-state index in [1.165, 1.54) is 24.1 Å². The number of nitrogens with one attached hydrogen (secondary N) is 1. The number of ether oxygens (including phenoxy) is 1. The standard InChI is InChI=1S/C19H27N3O2/c1-19(14-23,12-15-6-8-18(24-2)9-7-15)20-13-16-11-17-5-3-4-10-22(17)21-16/h6-9,11,20,23H,3-5,10,12-14H2,1-2H3. The fourth-order valence-corrected chi connectivity index (χ4v) is 3.24. The van der Waals surface area contributed by atoms with Gasteiger partial charge < -0.3 is 15.2 Å². The van der Waals surface area contributed by atoms with Crippen LogP contribution in [0.3, 0.4) is 0 Å². The molecule has 1 aromatic carbocycles. The summed E-state index contributed by atoms with van der Waals surface area (Å²) >= 11 is 0. The Morgan fingerprint density at radius 1 is 1.29 bits per heavy atom. The summed E-state index contributed by atoms with van der Waals surface area (Å²) < 4.78 is 7.32. The average molecular weight is 329 g/mol. The molecular formula is C19H27N3O2. The van der Waals surface area contributed by atoms with Gasteiger partial charge in [-0.1, -0.05) is 12.1 Å². The number of hydrogen-bond donors (Lipinski definition) is 2. The molecule has 2 heterocycles. The van der Waals surface area contributed by atoms with Gasteiger partial charge in [0.15, 0.2) is 0 Å². The molecule has 1 unspecified atom stereocenters. The molecule has 0 radical (unpaired) electrons. The number of methoxy groups -OCH3 is 1. The lowest BCUT2D eigenvalue weighted by atomic mass is 9.93. The van der Waals surface area contributed by atoms with Crippen LogP contribution in [-0.4, -0.2) is 34.1 Å². The van der Waals surface area contributed by atoms with E-state index in [9.17, 15) is 5.11 Å². The van der Waals surface area contributed by atoms with E-state index in [4.69, 9.17) is 4.74 Å². The number of nitrogens with zero attached hydrogens (tertiary/aromatic N) is 2. The molecule has 1 aromatic heterocycles. The first-order chi connectivity index (χ1) is 11.6. The van der Waals surface area contributed by atoms with Crippen LogP contribution in [0.4, 0.5) is 0 Å². The summed E-state index contributed by atoms with van der Waals surface area (Å²) in [5, 5.41) is 18.0. The number of aryl methyl sites for hydroxylation is 2. The molecule has 0 saturated carbocycles. The monoisotopic (exact) mass is 329 g/mol. The molecule has 0 saturated heterocycles. The van der Waals surface area contributed by atoms with Gasteiger partial charge in [0.25, 0.3) is 0 Å². The maximum atomic E-state index is 9.87. The highest BCUT2D eigenvalue weighted by Gasteiger charge is 2.24. The SMILES string of the molecule is COc1ccc(CC(C)(CO)NCc2cc3n(n2)CCCC3)cc1. The van der Waals surface area contributed by atoms with Gasteiger partial charge in [-0.2, -0.15) is 5.10 Å². The minimum atomic E-state index is -0.376. The van der Waals surface area contributed by atoms with Crippen molar-refractivity contribution in [1.82, 2.24) is 15.1 Å². The van der Waals surface area contributed by atoms with Crippen molar-refractivity contribution in [3.63, 3.8) is 0 Å². The van der Waals surface area contributed by atoms with Crippen LogP contribution in [0, 0.1) is 0 Å². The Hall–Kier alpha value is -1.85. The molecule has 0 fully saturated rings. The third kappa shape index (κ3) is 3.97. The van der Waals surface area contributed by atoms with Gasteiger partial charge in [-0.15, -0.1) is 0 Å². The Morgan fingerprint density at radius 2 is 2.08 bits per heavy atom. The smallest absolute Gasteiger partial charge is 0.118 e. The van der Waals surface area contributed by atoms with Gasteiger partial charge in [0.1, 0.15) is 5.75 Å². The zero-order chi connectivity index (χ0) is 17.0. The summed E-state index contributed by atoms with van der Waals surface area (Å²) in [5.74, 6) is 0.848. The van der Waals surface area contributed by atoms with Crippen LogP contribution in [0.1, 0.15) is 36.7 Å². The molecule has 0 bridgehead atoms. The molecule has 5 heteroatoms. The predicted molar refractivity (Wildman–Crippen MR) is 94.2 cm³/mol. The number of aromatic nitrogens is 2. The van der Waals surface area contributed by atoms with Gasteiger partial charge >= 0.3 is 0 Å². The molecule has 130 valence electrons. The Balaban J connectivity index is 1.62. The lowest BCUT2D eigenvalue weighted by molar-refractivity contribution is 0.172. The second-order valence-corrected chi connectivity index (χ2v) is 6.90. The van der Waals surface area contributed by atoms with E-state index in [0.29, 0.717) is 6.54 Å². The van der Waals surface area contributed by atoms with Gasteiger partial charge in [0.2, 0.25) is 0 Å². The summed E-state index contributed by atoms with van der Waals surface area (Å²) in [5.41, 5.74) is 3.18. The molecule has 1 aliphatic rings. The van der Waals surface area contributed by atoms with Crippen LogP contribution >= 0.6 is 0 Å². The number of aliphatic hydroxyl groups is 1. The normalized spacial score (nSPS) is 16.5. The highest BCUT2D eigenvalue weighted by molar-refractivity contribution is 5.28. The van der Waals surface area contributed by atoms with Crippen molar-refractivity contribution in [1.29, 1.82) is 0 Å². The van der Waals surface area contributed by atoms with E-state index in [1.54, 1.807) is 7.11 Å². The second-order valence-electron chi connectivity index (χ2n) is 6.90. The van der Waals surface area contributed by atoms with E-state index >= 15 is 0 Å². The Labute approximate surface area is 143 Å². The lowest BCUT2D eigenvalue weighted by Crippen LogP contribution is -2.47. The Morgan fingerprint density at radius 3 is 2.75 bits per heavy atom. The van der Waals surface area contributed by atoms with Gasteiger partial charge in [-0.25, -0.2) is 0 Å². The number of benzene rings is 1. The van der Waals surface area contributed by atoms with Crippen molar-refractivity contribution < 1.29 is 9.84 Å². The van der Waals surface area contributed by atoms with Crippen molar-refractivity contribution in [3.8, 4) is 5.75 Å². The molecule has 5 nitrogen and oxygen atoms in total. The Kier molecular flexibility index (Phi) is 5.21. The molecular weight excluding hydrogens is 302 g/mol. The molecule has 0 spiro atoms. The molecule has 2 N–H and O–H groups in total. The third-order valence-electron chi connectivity index (χ3n) is 4.77. The van der Waals surface area contributed by atoms with Crippen LogP contribution in [0.2, 0.25) is 0 Å². The molecule has 3 rings (SSSR count). The van der Waals surface area contributed by atoms with Crippen molar-refractivity contribution in [3.05, 3.63) is 47.3 Å². The maximum Gasteiger partial charge on any atom is 0.118 e. The zero-order valence-electron chi connectivity index (χ0n) is 14.6. The largest absolute Gasteiger partial charge is 0.497 e. The van der Waals surface area contributed by atoms with Crippen molar-refractivity contribution in [2.45, 2.75) is 51.2 Å². The first-order valence-corrected chi connectivity index (χ1v) is 8.66. The second kappa shape index (κ2) is 7.36. The van der Waals surface area contributed by atoms with Gasteiger partial charge in [-0.05, 0) is 56.4 Å². The number of aliphatic hydroxyl groups excluding tert-OH is 1. The van der Waals surface area contributed by atoms with Crippen LogP contribution < -0.4 is 10.1 Å². The van der Waals surface area contributed by atoms with Crippen molar-refractivity contribution >= 4 is 0 Å². The highest BCUT2D eigenvalue weighted by atomic mass is 16.5. The first kappa shape index (κ1) is 17.0. The minimum absolute atomic E-state index is 0.0760. The highest BCUT2D eigenvalue weighted by Crippen LogP contribution is 2.19. The predicted octanol–water partition coefficient (Wildman–Crippen LogP) is 2.31. The fraction of sp³-hybridized carbons (Fsp3) is 0.526. The van der Waals surface area contributed by atoms with Crippen molar-refractivity contribution in [2.24, 2.45) is 0 Å². The first-order valence-electron chi connectivity index (χ1n) is 8.66. The van der Waals surface area contributed by atoms with Crippen LogP contribution in [0.25, 0.3) is 0 Å². The van der Waals surface area contributed by atoms with Gasteiger partial charge in [0, 0.05) is 24.3 Å². The minimum Gasteiger partial charge on any atom is -0.497 e. The summed E-state index contributed by atoms with van der Waals surface area (Å²) in [7, 11) is 1.67. The lowest BCUT2D eigenvalue weighted by Gasteiger charge is -2.29. The molecule has 0 aliphatic carbocycles. The van der Waals surface area contributed by atoms with E-state index in [1.807, 2.05) is 31.2 Å². The fourth-order valence-electron chi connectivity index (χ4n) is 3.24. The quantitative estimate of drug-likeness (QED) is 0.818. The summed E-state index contributed by atoms with van der Waals surface area (Å²) in [6, 6.07) is 10.2. The van der Waals surface area contributed by atoms with Gasteiger partial charge in [0.05, 0.1) is 19.4 Å². The van der Waals surface area contributed by atoms with Crippen molar-refractivity contribution in [2.75, 3.05) is 13.7 Å².